The lowest BCUT2D eigenvalue weighted by Gasteiger charge is -2.20. The topological polar surface area (TPSA) is 83.5 Å². The minimum absolute atomic E-state index is 0.104. The predicted octanol–water partition coefficient (Wildman–Crippen LogP) is 4.08. The van der Waals surface area contributed by atoms with Crippen LogP contribution in [0.15, 0.2) is 30.3 Å². The summed E-state index contributed by atoms with van der Waals surface area (Å²) in [5, 5.41) is 0. The van der Waals surface area contributed by atoms with Crippen molar-refractivity contribution in [2.75, 3.05) is 28.4 Å². The lowest BCUT2D eigenvalue weighted by Crippen LogP contribution is -2.17. The maximum absolute atomic E-state index is 15.0. The lowest BCUT2D eigenvalue weighted by atomic mass is 9.99. The summed E-state index contributed by atoms with van der Waals surface area (Å²) >= 11 is 0. The fourth-order valence-corrected chi connectivity index (χ4v) is 2.95. The van der Waals surface area contributed by atoms with Crippen molar-refractivity contribution in [3.63, 3.8) is 0 Å². The molecule has 152 valence electrons. The Hall–Kier alpha value is -2.64. The van der Waals surface area contributed by atoms with Crippen molar-refractivity contribution in [2.45, 2.75) is 12.3 Å². The molecule has 0 radical (unpaired) electrons. The molecular formula is C18H20F2O7P+. The van der Waals surface area contributed by atoms with Crippen LogP contribution in [0, 0.1) is 0 Å². The number of hydrogen-bond donors (Lipinski definition) is 1. The molecule has 0 saturated carbocycles. The maximum atomic E-state index is 15.0. The van der Waals surface area contributed by atoms with Crippen LogP contribution in [-0.4, -0.2) is 33.3 Å². The fourth-order valence-electron chi connectivity index (χ4n) is 2.64. The van der Waals surface area contributed by atoms with E-state index in [0.29, 0.717) is 0 Å². The Morgan fingerprint density at radius 3 is 1.93 bits per heavy atom. The Balaban J connectivity index is 2.41. The molecule has 2 rings (SSSR count). The van der Waals surface area contributed by atoms with Gasteiger partial charge in [-0.05, 0) is 29.8 Å². The van der Waals surface area contributed by atoms with Crippen molar-refractivity contribution in [2.24, 2.45) is 0 Å². The van der Waals surface area contributed by atoms with Crippen molar-refractivity contribution >= 4 is 8.25 Å². The third-order valence-corrected chi connectivity index (χ3v) is 4.27. The van der Waals surface area contributed by atoms with Crippen LogP contribution in [0.25, 0.3) is 0 Å². The van der Waals surface area contributed by atoms with Crippen LogP contribution in [0.4, 0.5) is 8.78 Å². The average Bonchev–Trinajstić information content (AvgIpc) is 2.66. The Kier molecular flexibility index (Phi) is 6.99. The van der Waals surface area contributed by atoms with Gasteiger partial charge >= 0.3 is 8.25 Å². The highest BCUT2D eigenvalue weighted by atomic mass is 31.1. The molecule has 0 heterocycles. The van der Waals surface area contributed by atoms with Gasteiger partial charge in [0.05, 0.1) is 28.4 Å². The molecule has 0 fully saturated rings. The number of ether oxygens (including phenoxy) is 4. The molecule has 2 aromatic rings. The van der Waals surface area contributed by atoms with Crippen LogP contribution in [-0.2, 0) is 16.9 Å². The van der Waals surface area contributed by atoms with Crippen LogP contribution in [0.1, 0.15) is 11.1 Å². The second kappa shape index (κ2) is 9.03. The first-order valence-corrected chi connectivity index (χ1v) is 9.08. The molecule has 0 aliphatic carbocycles. The standard InChI is InChI=1S/C18H19F2O7P/c1-23-13-6-5-11(7-14(13)27-28(21)22)10-18(19,20)12-8-15(24-2)17(26-4)16(9-12)25-3/h5-9H,10H2,1-4H3/p+1. The van der Waals surface area contributed by atoms with Gasteiger partial charge in [-0.25, -0.2) is 13.3 Å². The Bertz CT molecular complexity index is 833. The van der Waals surface area contributed by atoms with Crippen molar-refractivity contribution in [1.82, 2.24) is 0 Å². The third kappa shape index (κ3) is 4.79. The van der Waals surface area contributed by atoms with Gasteiger partial charge < -0.3 is 18.9 Å². The summed E-state index contributed by atoms with van der Waals surface area (Å²) in [6.07, 6.45) is -0.700. The first-order valence-electron chi connectivity index (χ1n) is 7.95. The van der Waals surface area contributed by atoms with Gasteiger partial charge in [-0.1, -0.05) is 6.07 Å². The van der Waals surface area contributed by atoms with Crippen LogP contribution in [0.2, 0.25) is 0 Å². The van der Waals surface area contributed by atoms with Gasteiger partial charge in [0.25, 0.3) is 5.92 Å². The molecule has 0 aliphatic heterocycles. The maximum Gasteiger partial charge on any atom is 0.747 e. The van der Waals surface area contributed by atoms with Gasteiger partial charge in [0.15, 0.2) is 17.2 Å². The molecule has 1 atom stereocenters. The molecule has 7 nitrogen and oxygen atoms in total. The number of rotatable bonds is 9. The number of methoxy groups -OCH3 is 4. The van der Waals surface area contributed by atoms with E-state index in [1.54, 1.807) is 0 Å². The van der Waals surface area contributed by atoms with Gasteiger partial charge in [-0.2, -0.15) is 0 Å². The number of halogens is 2. The minimum atomic E-state index is -3.31. The third-order valence-electron chi connectivity index (χ3n) is 3.92. The average molecular weight is 417 g/mol. The van der Waals surface area contributed by atoms with Crippen molar-refractivity contribution < 1.29 is 41.7 Å². The fraction of sp³-hybridized carbons (Fsp3) is 0.333. The summed E-state index contributed by atoms with van der Waals surface area (Å²) in [6.45, 7) is 0. The Morgan fingerprint density at radius 2 is 1.46 bits per heavy atom. The monoisotopic (exact) mass is 417 g/mol. The largest absolute Gasteiger partial charge is 0.747 e. The normalized spacial score (nSPS) is 11.6. The van der Waals surface area contributed by atoms with E-state index >= 15 is 0 Å². The molecular weight excluding hydrogens is 397 g/mol. The first-order chi connectivity index (χ1) is 13.2. The van der Waals surface area contributed by atoms with Crippen LogP contribution in [0.3, 0.4) is 0 Å². The first kappa shape index (κ1) is 21.7. The smallest absolute Gasteiger partial charge is 0.493 e. The van der Waals surface area contributed by atoms with Gasteiger partial charge in [-0.3, -0.25) is 0 Å². The van der Waals surface area contributed by atoms with E-state index in [4.69, 9.17) is 28.4 Å². The molecule has 10 heteroatoms. The highest BCUT2D eigenvalue weighted by Gasteiger charge is 2.35. The second-order valence-electron chi connectivity index (χ2n) is 5.61. The second-order valence-corrected chi connectivity index (χ2v) is 6.27. The highest BCUT2D eigenvalue weighted by molar-refractivity contribution is 7.32. The van der Waals surface area contributed by atoms with Gasteiger partial charge in [0.1, 0.15) is 0 Å². The lowest BCUT2D eigenvalue weighted by molar-refractivity contribution is -0.00429. The van der Waals surface area contributed by atoms with Crippen LogP contribution >= 0.6 is 8.25 Å². The molecule has 1 N–H and O–H groups in total. The summed E-state index contributed by atoms with van der Waals surface area (Å²) in [5.41, 5.74) is -0.167. The molecule has 2 aromatic carbocycles. The molecule has 28 heavy (non-hydrogen) atoms. The van der Waals surface area contributed by atoms with Crippen LogP contribution in [0.5, 0.6) is 28.7 Å². The summed E-state index contributed by atoms with van der Waals surface area (Å²) in [5.74, 6) is -2.85. The Labute approximate surface area is 161 Å². The SMILES string of the molecule is COc1ccc(CC(F)(F)c2cc(OC)c(OC)c(OC)c2)cc1O[P+](=O)O. The van der Waals surface area contributed by atoms with E-state index in [0.717, 1.165) is 0 Å². The van der Waals surface area contributed by atoms with Gasteiger partial charge in [-0.15, -0.1) is 4.89 Å². The van der Waals surface area contributed by atoms with E-state index in [2.05, 4.69) is 0 Å². The summed E-state index contributed by atoms with van der Waals surface area (Å²) < 4.78 is 66.0. The number of benzene rings is 2. The predicted molar refractivity (Wildman–Crippen MR) is 97.1 cm³/mol. The summed E-state index contributed by atoms with van der Waals surface area (Å²) in [4.78, 5) is 8.94. The molecule has 0 saturated heterocycles. The van der Waals surface area contributed by atoms with Crippen LogP contribution < -0.4 is 23.5 Å². The van der Waals surface area contributed by atoms with E-state index in [-0.39, 0.29) is 39.9 Å². The van der Waals surface area contributed by atoms with Crippen molar-refractivity contribution in [1.29, 1.82) is 0 Å². The zero-order valence-corrected chi connectivity index (χ0v) is 16.6. The van der Waals surface area contributed by atoms with E-state index in [1.165, 1.54) is 58.8 Å². The molecule has 0 aliphatic rings. The summed E-state index contributed by atoms with van der Waals surface area (Å²) in [6, 6.07) is 6.38. The van der Waals surface area contributed by atoms with E-state index in [9.17, 15) is 13.3 Å². The van der Waals surface area contributed by atoms with Crippen molar-refractivity contribution in [3.05, 3.63) is 41.5 Å². The van der Waals surface area contributed by atoms with E-state index < -0.39 is 20.6 Å². The molecule has 1 unspecified atom stereocenters. The quantitative estimate of drug-likeness (QED) is 0.616. The Morgan fingerprint density at radius 1 is 0.893 bits per heavy atom. The molecule has 0 aromatic heterocycles. The number of hydrogen-bond acceptors (Lipinski definition) is 6. The number of alkyl halides is 2. The summed E-state index contributed by atoms with van der Waals surface area (Å²) in [7, 11) is 2.41. The molecule has 0 amide bonds. The molecule has 0 spiro atoms. The minimum Gasteiger partial charge on any atom is -0.493 e. The zero-order valence-electron chi connectivity index (χ0n) is 15.7. The molecule has 0 bridgehead atoms. The van der Waals surface area contributed by atoms with Gasteiger partial charge in [0, 0.05) is 16.5 Å². The van der Waals surface area contributed by atoms with Crippen molar-refractivity contribution in [3.8, 4) is 28.7 Å². The van der Waals surface area contributed by atoms with Gasteiger partial charge in [0.2, 0.25) is 11.5 Å². The highest BCUT2D eigenvalue weighted by Crippen LogP contribution is 2.44. The zero-order chi connectivity index (χ0) is 20.9. The van der Waals surface area contributed by atoms with E-state index in [1.807, 2.05) is 0 Å².